The topological polar surface area (TPSA) is 63.6 Å². The van der Waals surface area contributed by atoms with Gasteiger partial charge in [-0.25, -0.2) is 0 Å². The molecule has 2 aromatic carbocycles. The molecule has 0 radical (unpaired) electrons. The summed E-state index contributed by atoms with van der Waals surface area (Å²) in [6.07, 6.45) is 0.594. The molecule has 1 unspecified atom stereocenters. The number of carbonyl (C=O) groups excluding carboxylic acids is 2. The molecule has 1 atom stereocenters. The summed E-state index contributed by atoms with van der Waals surface area (Å²) in [5, 5.41) is 9.82. The van der Waals surface area contributed by atoms with E-state index in [1.807, 2.05) is 13.0 Å². The van der Waals surface area contributed by atoms with Crippen molar-refractivity contribution in [2.24, 2.45) is 0 Å². The molecule has 1 heterocycles. The van der Waals surface area contributed by atoms with Crippen LogP contribution in [0, 0.1) is 0 Å². The van der Waals surface area contributed by atoms with Crippen molar-refractivity contribution in [3.05, 3.63) is 59.2 Å². The van der Waals surface area contributed by atoms with Crippen molar-refractivity contribution in [3.63, 3.8) is 0 Å². The molecule has 1 aliphatic heterocycles. The molecule has 0 bridgehead atoms. The summed E-state index contributed by atoms with van der Waals surface area (Å²) in [6, 6.07) is 11.8. The van der Waals surface area contributed by atoms with Crippen molar-refractivity contribution < 1.29 is 19.4 Å². The Balaban J connectivity index is 2.10. The molecule has 0 saturated heterocycles. The van der Waals surface area contributed by atoms with E-state index in [0.717, 1.165) is 0 Å². The molecule has 1 N–H and O–H groups in total. The Labute approximate surface area is 122 Å². The average Bonchev–Trinajstić information content (AvgIpc) is 2.48. The predicted octanol–water partition coefficient (Wildman–Crippen LogP) is 2.84. The van der Waals surface area contributed by atoms with Crippen LogP contribution in [0.1, 0.15) is 34.3 Å². The smallest absolute Gasteiger partial charge is 0.326 e. The molecule has 106 valence electrons. The second-order valence-electron chi connectivity index (χ2n) is 4.96. The first-order valence-corrected chi connectivity index (χ1v) is 6.78. The minimum atomic E-state index is -0.937. The maximum absolute atomic E-state index is 12.6. The van der Waals surface area contributed by atoms with Crippen LogP contribution in [-0.4, -0.2) is 16.9 Å². The lowest BCUT2D eigenvalue weighted by Crippen LogP contribution is -2.31. The minimum absolute atomic E-state index is 0.0370. The van der Waals surface area contributed by atoms with Gasteiger partial charge in [-0.2, -0.15) is 0 Å². The number of esters is 1. The first kappa shape index (κ1) is 13.4. The molecule has 4 nitrogen and oxygen atoms in total. The lowest BCUT2D eigenvalue weighted by atomic mass is 9.87. The molecule has 2 aromatic rings. The number of aromatic hydroxyl groups is 1. The number of carbonyl (C=O) groups is 2. The number of phenolic OH excluding ortho intramolecular Hbond substituents is 1. The van der Waals surface area contributed by atoms with Gasteiger partial charge in [0.1, 0.15) is 17.4 Å². The second-order valence-corrected chi connectivity index (χ2v) is 4.96. The SMILES string of the molecule is CCc1cc2c(cc1O)OC(=O)C(c1ccccc1)C2=O. The van der Waals surface area contributed by atoms with Crippen LogP contribution >= 0.6 is 0 Å². The molecule has 4 heteroatoms. The van der Waals surface area contributed by atoms with Gasteiger partial charge >= 0.3 is 5.97 Å². The van der Waals surface area contributed by atoms with Crippen molar-refractivity contribution in [2.45, 2.75) is 19.3 Å². The van der Waals surface area contributed by atoms with Crippen LogP contribution in [0.15, 0.2) is 42.5 Å². The Hall–Kier alpha value is -2.62. The number of fused-ring (bicyclic) bond motifs is 1. The van der Waals surface area contributed by atoms with E-state index in [1.165, 1.54) is 6.07 Å². The monoisotopic (exact) mass is 282 g/mol. The molecule has 0 fully saturated rings. The van der Waals surface area contributed by atoms with Crippen LogP contribution in [0.4, 0.5) is 0 Å². The summed E-state index contributed by atoms with van der Waals surface area (Å²) in [5.41, 5.74) is 1.62. The van der Waals surface area contributed by atoms with E-state index < -0.39 is 11.9 Å². The van der Waals surface area contributed by atoms with Gasteiger partial charge < -0.3 is 9.84 Å². The molecule has 21 heavy (non-hydrogen) atoms. The molecule has 1 aliphatic rings. The van der Waals surface area contributed by atoms with Crippen molar-refractivity contribution in [3.8, 4) is 11.5 Å². The summed E-state index contributed by atoms with van der Waals surface area (Å²) < 4.78 is 5.23. The number of rotatable bonds is 2. The van der Waals surface area contributed by atoms with Crippen molar-refractivity contribution in [2.75, 3.05) is 0 Å². The first-order valence-electron chi connectivity index (χ1n) is 6.78. The van der Waals surface area contributed by atoms with Crippen molar-refractivity contribution in [1.82, 2.24) is 0 Å². The lowest BCUT2D eigenvalue weighted by Gasteiger charge is -2.23. The van der Waals surface area contributed by atoms with Crippen molar-refractivity contribution >= 4 is 11.8 Å². The number of hydrogen-bond acceptors (Lipinski definition) is 4. The van der Waals surface area contributed by atoms with Gasteiger partial charge in [0.25, 0.3) is 0 Å². The number of benzene rings is 2. The van der Waals surface area contributed by atoms with Crippen LogP contribution < -0.4 is 4.74 Å². The summed E-state index contributed by atoms with van der Waals surface area (Å²) in [7, 11) is 0. The molecule has 0 aromatic heterocycles. The fourth-order valence-electron chi connectivity index (χ4n) is 2.54. The Kier molecular flexibility index (Phi) is 3.22. The number of phenols is 1. The van der Waals surface area contributed by atoms with Gasteiger partial charge in [0.2, 0.25) is 0 Å². The molecular weight excluding hydrogens is 268 g/mol. The number of ketones is 1. The van der Waals surface area contributed by atoms with E-state index in [2.05, 4.69) is 0 Å². The lowest BCUT2D eigenvalue weighted by molar-refractivity contribution is -0.135. The van der Waals surface area contributed by atoms with Crippen molar-refractivity contribution in [1.29, 1.82) is 0 Å². The Bertz CT molecular complexity index is 719. The van der Waals surface area contributed by atoms with Crippen LogP contribution in [0.25, 0.3) is 0 Å². The van der Waals surface area contributed by atoms with Crippen LogP contribution in [0.3, 0.4) is 0 Å². The van der Waals surface area contributed by atoms with E-state index in [-0.39, 0.29) is 17.3 Å². The van der Waals surface area contributed by atoms with E-state index in [9.17, 15) is 14.7 Å². The molecule has 0 saturated carbocycles. The summed E-state index contributed by atoms with van der Waals surface area (Å²) >= 11 is 0. The van der Waals surface area contributed by atoms with Gasteiger partial charge in [0.15, 0.2) is 5.78 Å². The van der Waals surface area contributed by atoms with Gasteiger partial charge in [-0.15, -0.1) is 0 Å². The summed E-state index contributed by atoms with van der Waals surface area (Å²) in [4.78, 5) is 24.7. The highest BCUT2D eigenvalue weighted by atomic mass is 16.5. The van der Waals surface area contributed by atoms with Gasteiger partial charge in [-0.1, -0.05) is 37.3 Å². The zero-order valence-corrected chi connectivity index (χ0v) is 11.5. The number of hydrogen-bond donors (Lipinski definition) is 1. The predicted molar refractivity (Wildman–Crippen MR) is 76.6 cm³/mol. The molecule has 3 rings (SSSR count). The van der Waals surface area contributed by atoms with Gasteiger partial charge in [0, 0.05) is 6.07 Å². The zero-order valence-electron chi connectivity index (χ0n) is 11.5. The largest absolute Gasteiger partial charge is 0.508 e. The second kappa shape index (κ2) is 5.05. The maximum atomic E-state index is 12.6. The number of aryl methyl sites for hydroxylation is 1. The van der Waals surface area contributed by atoms with Crippen LogP contribution in [-0.2, 0) is 11.2 Å². The summed E-state index contributed by atoms with van der Waals surface area (Å²) in [5.74, 6) is -1.67. The zero-order chi connectivity index (χ0) is 15.0. The first-order chi connectivity index (χ1) is 10.1. The quantitative estimate of drug-likeness (QED) is 0.522. The maximum Gasteiger partial charge on any atom is 0.326 e. The highest BCUT2D eigenvalue weighted by molar-refractivity contribution is 6.17. The summed E-state index contributed by atoms with van der Waals surface area (Å²) in [6.45, 7) is 1.88. The molecule has 0 amide bonds. The number of ether oxygens (including phenoxy) is 1. The van der Waals surface area contributed by atoms with E-state index in [0.29, 0.717) is 23.1 Å². The Morgan fingerprint density at radius 1 is 1.14 bits per heavy atom. The highest BCUT2D eigenvalue weighted by Crippen LogP contribution is 2.37. The van der Waals surface area contributed by atoms with E-state index >= 15 is 0 Å². The fourth-order valence-corrected chi connectivity index (χ4v) is 2.54. The fraction of sp³-hybridized carbons (Fsp3) is 0.176. The van der Waals surface area contributed by atoms with Gasteiger partial charge in [-0.05, 0) is 23.6 Å². The van der Waals surface area contributed by atoms with Crippen LogP contribution in [0.5, 0.6) is 11.5 Å². The molecule has 0 spiro atoms. The third-order valence-electron chi connectivity index (χ3n) is 3.67. The minimum Gasteiger partial charge on any atom is -0.508 e. The third kappa shape index (κ3) is 2.18. The Morgan fingerprint density at radius 2 is 1.86 bits per heavy atom. The average molecular weight is 282 g/mol. The standard InChI is InChI=1S/C17H14O4/c1-2-10-8-12-14(9-13(10)18)21-17(20)15(16(12)19)11-6-4-3-5-7-11/h3-9,15,18H,2H2,1H3. The molecule has 0 aliphatic carbocycles. The van der Waals surface area contributed by atoms with Gasteiger partial charge in [0.05, 0.1) is 5.56 Å². The van der Waals surface area contributed by atoms with Crippen LogP contribution in [0.2, 0.25) is 0 Å². The third-order valence-corrected chi connectivity index (χ3v) is 3.67. The van der Waals surface area contributed by atoms with Gasteiger partial charge in [-0.3, -0.25) is 9.59 Å². The van der Waals surface area contributed by atoms with E-state index in [1.54, 1.807) is 30.3 Å². The molecular formula is C17H14O4. The Morgan fingerprint density at radius 3 is 2.52 bits per heavy atom. The highest BCUT2D eigenvalue weighted by Gasteiger charge is 2.38. The normalized spacial score (nSPS) is 17.3. The number of Topliss-reactive ketones (excluding diaryl/α,β-unsaturated/α-hetero) is 1. The van der Waals surface area contributed by atoms with E-state index in [4.69, 9.17) is 4.74 Å².